The Bertz CT molecular complexity index is 354. The number of carboxylic acid groups (broad SMARTS) is 1. The minimum absolute atomic E-state index is 0.0429. The van der Waals surface area contributed by atoms with Crippen molar-refractivity contribution in [1.29, 1.82) is 0 Å². The van der Waals surface area contributed by atoms with Gasteiger partial charge in [-0.15, -0.1) is 0 Å². The predicted octanol–water partition coefficient (Wildman–Crippen LogP) is 1.54. The summed E-state index contributed by atoms with van der Waals surface area (Å²) in [4.78, 5) is 22.9. The van der Waals surface area contributed by atoms with Crippen LogP contribution in [0.2, 0.25) is 0 Å². The standard InChI is InChI=1S/C12H17NO4/c1-2-5-17-11(16)13-12(10(14)15)7-8-3-4-9(12)6-8/h2,8-9H,1,3-7H2,(H,13,16)(H,14,15)/t8-,9+,12-/m0/s1. The summed E-state index contributed by atoms with van der Waals surface area (Å²) in [5.41, 5.74) is -1.11. The van der Waals surface area contributed by atoms with E-state index in [1.165, 1.54) is 6.08 Å². The normalized spacial score (nSPS) is 34.4. The highest BCUT2D eigenvalue weighted by molar-refractivity contribution is 5.85. The molecule has 0 saturated heterocycles. The van der Waals surface area contributed by atoms with Crippen LogP contribution in [0.1, 0.15) is 25.7 Å². The van der Waals surface area contributed by atoms with Crippen LogP contribution in [0.4, 0.5) is 4.79 Å². The van der Waals surface area contributed by atoms with Crippen LogP contribution in [0.5, 0.6) is 0 Å². The molecule has 94 valence electrons. The molecule has 2 aliphatic carbocycles. The Balaban J connectivity index is 2.06. The molecule has 2 fully saturated rings. The van der Waals surface area contributed by atoms with Gasteiger partial charge in [0.1, 0.15) is 12.1 Å². The largest absolute Gasteiger partial charge is 0.479 e. The second-order valence-electron chi connectivity index (χ2n) is 4.87. The number of fused-ring (bicyclic) bond motifs is 2. The molecule has 1 amide bonds. The Labute approximate surface area is 99.8 Å². The van der Waals surface area contributed by atoms with Crippen LogP contribution in [-0.4, -0.2) is 29.3 Å². The fraction of sp³-hybridized carbons (Fsp3) is 0.667. The van der Waals surface area contributed by atoms with E-state index in [-0.39, 0.29) is 12.5 Å². The van der Waals surface area contributed by atoms with E-state index in [0.29, 0.717) is 12.3 Å². The third-order valence-electron chi connectivity index (χ3n) is 3.89. The summed E-state index contributed by atoms with van der Waals surface area (Å²) >= 11 is 0. The topological polar surface area (TPSA) is 75.6 Å². The molecule has 2 saturated carbocycles. The quantitative estimate of drug-likeness (QED) is 0.730. The molecule has 2 N–H and O–H groups in total. The second-order valence-corrected chi connectivity index (χ2v) is 4.87. The maximum absolute atomic E-state index is 11.5. The van der Waals surface area contributed by atoms with Crippen molar-refractivity contribution in [2.75, 3.05) is 6.61 Å². The van der Waals surface area contributed by atoms with Crippen molar-refractivity contribution in [3.8, 4) is 0 Å². The molecular weight excluding hydrogens is 222 g/mol. The lowest BCUT2D eigenvalue weighted by atomic mass is 9.81. The van der Waals surface area contributed by atoms with Gasteiger partial charge in [-0.05, 0) is 37.5 Å². The van der Waals surface area contributed by atoms with Crippen LogP contribution in [0.15, 0.2) is 12.7 Å². The van der Waals surface area contributed by atoms with Gasteiger partial charge in [-0.25, -0.2) is 9.59 Å². The lowest BCUT2D eigenvalue weighted by Gasteiger charge is -2.33. The van der Waals surface area contributed by atoms with Crippen LogP contribution in [0.25, 0.3) is 0 Å². The fourth-order valence-electron chi connectivity index (χ4n) is 3.15. The van der Waals surface area contributed by atoms with Gasteiger partial charge in [0.2, 0.25) is 0 Å². The highest BCUT2D eigenvalue weighted by atomic mass is 16.5. The number of nitrogens with one attached hydrogen (secondary N) is 1. The first-order valence-corrected chi connectivity index (χ1v) is 5.87. The Hall–Kier alpha value is -1.52. The van der Waals surface area contributed by atoms with Crippen LogP contribution in [0.3, 0.4) is 0 Å². The van der Waals surface area contributed by atoms with Crippen molar-refractivity contribution < 1.29 is 19.4 Å². The highest BCUT2D eigenvalue weighted by Crippen LogP contribution is 2.50. The summed E-state index contributed by atoms with van der Waals surface area (Å²) in [5, 5.41) is 11.9. The van der Waals surface area contributed by atoms with E-state index in [2.05, 4.69) is 11.9 Å². The number of rotatable bonds is 4. The molecule has 2 rings (SSSR count). The van der Waals surface area contributed by atoms with Crippen LogP contribution in [0, 0.1) is 11.8 Å². The van der Waals surface area contributed by atoms with Crippen molar-refractivity contribution in [1.82, 2.24) is 5.32 Å². The summed E-state index contributed by atoms with van der Waals surface area (Å²) in [6.45, 7) is 3.53. The average Bonchev–Trinajstić information content (AvgIpc) is 2.86. The zero-order valence-corrected chi connectivity index (χ0v) is 9.65. The van der Waals surface area contributed by atoms with E-state index in [0.717, 1.165) is 19.3 Å². The molecule has 0 spiro atoms. The number of carboxylic acids is 1. The van der Waals surface area contributed by atoms with Crippen molar-refractivity contribution in [3.63, 3.8) is 0 Å². The predicted molar refractivity (Wildman–Crippen MR) is 60.5 cm³/mol. The lowest BCUT2D eigenvalue weighted by molar-refractivity contribution is -0.147. The molecule has 0 unspecified atom stereocenters. The molecule has 2 aliphatic rings. The molecule has 0 heterocycles. The van der Waals surface area contributed by atoms with E-state index in [9.17, 15) is 14.7 Å². The Morgan fingerprint density at radius 1 is 1.53 bits per heavy atom. The summed E-state index contributed by atoms with van der Waals surface area (Å²) in [7, 11) is 0. The smallest absolute Gasteiger partial charge is 0.408 e. The molecule has 5 heteroatoms. The molecule has 0 aliphatic heterocycles. The van der Waals surface area contributed by atoms with Crippen molar-refractivity contribution in [3.05, 3.63) is 12.7 Å². The molecule has 2 bridgehead atoms. The van der Waals surface area contributed by atoms with Crippen LogP contribution >= 0.6 is 0 Å². The molecule has 0 aromatic heterocycles. The Kier molecular flexibility index (Phi) is 3.09. The van der Waals surface area contributed by atoms with Gasteiger partial charge in [0, 0.05) is 0 Å². The molecular formula is C12H17NO4. The number of hydrogen-bond donors (Lipinski definition) is 2. The number of aliphatic carboxylic acids is 1. The minimum atomic E-state index is -1.11. The Morgan fingerprint density at radius 2 is 2.29 bits per heavy atom. The number of alkyl carbamates (subject to hydrolysis) is 1. The van der Waals surface area contributed by atoms with E-state index in [4.69, 9.17) is 4.74 Å². The SMILES string of the molecule is C=CCOC(=O)N[C@@]1(C(=O)O)C[C@H]2CC[C@@H]1C2. The molecule has 0 aromatic rings. The minimum Gasteiger partial charge on any atom is -0.479 e. The van der Waals surface area contributed by atoms with Gasteiger partial charge in [0.25, 0.3) is 0 Å². The first-order chi connectivity index (χ1) is 8.08. The Morgan fingerprint density at radius 3 is 2.76 bits per heavy atom. The molecule has 17 heavy (non-hydrogen) atoms. The number of carbonyl (C=O) groups is 2. The summed E-state index contributed by atoms with van der Waals surface area (Å²) in [6, 6.07) is 0. The molecule has 5 nitrogen and oxygen atoms in total. The number of ether oxygens (including phenoxy) is 1. The van der Waals surface area contributed by atoms with Crippen molar-refractivity contribution in [2.24, 2.45) is 11.8 Å². The first-order valence-electron chi connectivity index (χ1n) is 5.87. The van der Waals surface area contributed by atoms with Gasteiger partial charge in [-0.1, -0.05) is 12.7 Å². The monoisotopic (exact) mass is 239 g/mol. The third kappa shape index (κ3) is 2.01. The maximum Gasteiger partial charge on any atom is 0.408 e. The highest BCUT2D eigenvalue weighted by Gasteiger charge is 2.57. The van der Waals surface area contributed by atoms with E-state index in [1.54, 1.807) is 0 Å². The van der Waals surface area contributed by atoms with Gasteiger partial charge in [-0.2, -0.15) is 0 Å². The lowest BCUT2D eigenvalue weighted by Crippen LogP contribution is -2.58. The first kappa shape index (κ1) is 12.0. The summed E-state index contributed by atoms with van der Waals surface area (Å²) in [6.07, 6.45) is 4.15. The van der Waals surface area contributed by atoms with Crippen molar-refractivity contribution in [2.45, 2.75) is 31.2 Å². The van der Waals surface area contributed by atoms with E-state index in [1.807, 2.05) is 0 Å². The van der Waals surface area contributed by atoms with Gasteiger partial charge in [0.05, 0.1) is 0 Å². The zero-order chi connectivity index (χ0) is 12.5. The average molecular weight is 239 g/mol. The summed E-state index contributed by atoms with van der Waals surface area (Å²) in [5.74, 6) is -0.475. The third-order valence-corrected chi connectivity index (χ3v) is 3.89. The van der Waals surface area contributed by atoms with Crippen LogP contribution in [-0.2, 0) is 9.53 Å². The second kappa shape index (κ2) is 4.39. The van der Waals surface area contributed by atoms with Gasteiger partial charge in [0.15, 0.2) is 0 Å². The number of carbonyl (C=O) groups excluding carboxylic acids is 1. The van der Waals surface area contributed by atoms with Gasteiger partial charge < -0.3 is 15.2 Å². The zero-order valence-electron chi connectivity index (χ0n) is 9.65. The van der Waals surface area contributed by atoms with Crippen molar-refractivity contribution >= 4 is 12.1 Å². The van der Waals surface area contributed by atoms with Gasteiger partial charge >= 0.3 is 12.1 Å². The molecule has 0 aromatic carbocycles. The number of hydrogen-bond acceptors (Lipinski definition) is 3. The fourth-order valence-corrected chi connectivity index (χ4v) is 3.15. The number of amides is 1. The summed E-state index contributed by atoms with van der Waals surface area (Å²) < 4.78 is 4.80. The molecule has 0 radical (unpaired) electrons. The molecule has 3 atom stereocenters. The van der Waals surface area contributed by atoms with E-state index >= 15 is 0 Å². The van der Waals surface area contributed by atoms with Crippen LogP contribution < -0.4 is 5.32 Å². The maximum atomic E-state index is 11.5. The van der Waals surface area contributed by atoms with E-state index < -0.39 is 17.6 Å². The van der Waals surface area contributed by atoms with Gasteiger partial charge in [-0.3, -0.25) is 0 Å².